The van der Waals surface area contributed by atoms with Crippen molar-refractivity contribution in [1.29, 1.82) is 0 Å². The molecule has 1 aliphatic rings. The largest absolute Gasteiger partial charge is 0.497 e. The zero-order valence-electron chi connectivity index (χ0n) is 14.3. The van der Waals surface area contributed by atoms with Gasteiger partial charge in [-0.25, -0.2) is 0 Å². The molecule has 0 saturated carbocycles. The average Bonchev–Trinajstić information content (AvgIpc) is 2.48. The van der Waals surface area contributed by atoms with Crippen molar-refractivity contribution < 1.29 is 9.53 Å². The van der Waals surface area contributed by atoms with E-state index in [-0.39, 0.29) is 5.41 Å². The van der Waals surface area contributed by atoms with Gasteiger partial charge < -0.3 is 9.64 Å². The van der Waals surface area contributed by atoms with E-state index >= 15 is 0 Å². The molecule has 1 aromatic carbocycles. The average molecular weight is 301 g/mol. The molecule has 0 radical (unpaired) electrons. The monoisotopic (exact) mass is 301 g/mol. The number of benzene rings is 1. The van der Waals surface area contributed by atoms with Crippen LogP contribution in [0, 0.1) is 11.3 Å². The second-order valence-corrected chi connectivity index (χ2v) is 7.14. The SMILES string of the molecule is COc1ccc(C=O)c(C2=CN(CC(C)C)CCC2(C)C)c1. The van der Waals surface area contributed by atoms with Crippen LogP contribution >= 0.6 is 0 Å². The Morgan fingerprint density at radius 2 is 2.09 bits per heavy atom. The highest BCUT2D eigenvalue weighted by atomic mass is 16.5. The van der Waals surface area contributed by atoms with E-state index in [0.717, 1.165) is 42.7 Å². The number of ether oxygens (including phenoxy) is 1. The van der Waals surface area contributed by atoms with Crippen LogP contribution < -0.4 is 4.74 Å². The van der Waals surface area contributed by atoms with Crippen molar-refractivity contribution in [1.82, 2.24) is 4.90 Å². The molecule has 120 valence electrons. The van der Waals surface area contributed by atoms with Crippen molar-refractivity contribution in [2.24, 2.45) is 11.3 Å². The van der Waals surface area contributed by atoms with Crippen LogP contribution in [-0.4, -0.2) is 31.4 Å². The molecule has 0 fully saturated rings. The second-order valence-electron chi connectivity index (χ2n) is 7.14. The van der Waals surface area contributed by atoms with Crippen molar-refractivity contribution in [3.05, 3.63) is 35.5 Å². The molecular formula is C19H27NO2. The standard InChI is InChI=1S/C19H27NO2/c1-14(2)11-20-9-8-19(3,4)18(12-20)17-10-16(22-5)7-6-15(17)13-21/h6-7,10,12-14H,8-9,11H2,1-5H3. The minimum Gasteiger partial charge on any atom is -0.497 e. The molecule has 0 bridgehead atoms. The number of aldehydes is 1. The number of nitrogens with zero attached hydrogens (tertiary/aromatic N) is 1. The maximum absolute atomic E-state index is 11.5. The van der Waals surface area contributed by atoms with Gasteiger partial charge in [0.15, 0.2) is 6.29 Å². The summed E-state index contributed by atoms with van der Waals surface area (Å²) in [5.41, 5.74) is 3.00. The molecule has 0 unspecified atom stereocenters. The lowest BCUT2D eigenvalue weighted by atomic mass is 9.75. The number of methoxy groups -OCH3 is 1. The lowest BCUT2D eigenvalue weighted by Gasteiger charge is -2.39. The van der Waals surface area contributed by atoms with E-state index in [9.17, 15) is 4.79 Å². The Labute approximate surface area is 134 Å². The van der Waals surface area contributed by atoms with E-state index in [1.54, 1.807) is 7.11 Å². The summed E-state index contributed by atoms with van der Waals surface area (Å²) in [6.07, 6.45) is 4.26. The van der Waals surface area contributed by atoms with Crippen molar-refractivity contribution in [2.75, 3.05) is 20.2 Å². The quantitative estimate of drug-likeness (QED) is 0.762. The molecule has 0 aromatic heterocycles. The smallest absolute Gasteiger partial charge is 0.150 e. The van der Waals surface area contributed by atoms with Crippen molar-refractivity contribution in [2.45, 2.75) is 34.1 Å². The third kappa shape index (κ3) is 3.52. The van der Waals surface area contributed by atoms with Gasteiger partial charge in [0.05, 0.1) is 7.11 Å². The molecule has 0 saturated heterocycles. The van der Waals surface area contributed by atoms with Crippen LogP contribution in [0.1, 0.15) is 50.0 Å². The van der Waals surface area contributed by atoms with Gasteiger partial charge in [-0.05, 0) is 47.1 Å². The number of carbonyl (C=O) groups excluding carboxylic acids is 1. The molecule has 0 spiro atoms. The fraction of sp³-hybridized carbons (Fsp3) is 0.526. The van der Waals surface area contributed by atoms with Crippen molar-refractivity contribution >= 4 is 11.9 Å². The minimum atomic E-state index is 0.0532. The first-order chi connectivity index (χ1) is 10.4. The fourth-order valence-corrected chi connectivity index (χ4v) is 3.03. The van der Waals surface area contributed by atoms with Gasteiger partial charge in [-0.15, -0.1) is 0 Å². The molecule has 0 atom stereocenters. The van der Waals surface area contributed by atoms with E-state index in [2.05, 4.69) is 38.8 Å². The van der Waals surface area contributed by atoms with Gasteiger partial charge in [-0.2, -0.15) is 0 Å². The molecule has 1 aromatic rings. The summed E-state index contributed by atoms with van der Waals surface area (Å²) in [6.45, 7) is 11.1. The third-order valence-corrected chi connectivity index (χ3v) is 4.34. The highest BCUT2D eigenvalue weighted by Crippen LogP contribution is 2.42. The predicted molar refractivity (Wildman–Crippen MR) is 91.2 cm³/mol. The van der Waals surface area contributed by atoms with Crippen LogP contribution in [0.4, 0.5) is 0 Å². The molecule has 1 aliphatic heterocycles. The van der Waals surface area contributed by atoms with Crippen molar-refractivity contribution in [3.8, 4) is 5.75 Å². The van der Waals surface area contributed by atoms with Gasteiger partial charge in [0, 0.05) is 24.9 Å². The van der Waals surface area contributed by atoms with Gasteiger partial charge >= 0.3 is 0 Å². The lowest BCUT2D eigenvalue weighted by molar-refractivity contribution is 0.112. The molecule has 0 aliphatic carbocycles. The number of hydrogen-bond acceptors (Lipinski definition) is 3. The maximum atomic E-state index is 11.5. The first kappa shape index (κ1) is 16.6. The summed E-state index contributed by atoms with van der Waals surface area (Å²) >= 11 is 0. The first-order valence-corrected chi connectivity index (χ1v) is 7.97. The molecular weight excluding hydrogens is 274 g/mol. The lowest BCUT2D eigenvalue weighted by Crippen LogP contribution is -2.33. The first-order valence-electron chi connectivity index (χ1n) is 7.97. The predicted octanol–water partition coefficient (Wildman–Crippen LogP) is 4.24. The maximum Gasteiger partial charge on any atom is 0.150 e. The Bertz CT molecular complexity index is 573. The normalized spacial score (nSPS) is 17.4. The van der Waals surface area contributed by atoms with Gasteiger partial charge in [0.2, 0.25) is 0 Å². The van der Waals surface area contributed by atoms with Gasteiger partial charge in [0.1, 0.15) is 5.75 Å². The molecule has 0 N–H and O–H groups in total. The number of carbonyl (C=O) groups is 1. The van der Waals surface area contributed by atoms with Crippen LogP contribution in [0.15, 0.2) is 24.4 Å². The Hall–Kier alpha value is -1.77. The van der Waals surface area contributed by atoms with Crippen LogP contribution in [0.2, 0.25) is 0 Å². The van der Waals surface area contributed by atoms with E-state index in [1.807, 2.05) is 18.2 Å². The number of hydrogen-bond donors (Lipinski definition) is 0. The number of allylic oxidation sites excluding steroid dienone is 1. The summed E-state index contributed by atoms with van der Waals surface area (Å²) in [7, 11) is 1.66. The fourth-order valence-electron chi connectivity index (χ4n) is 3.03. The summed E-state index contributed by atoms with van der Waals surface area (Å²) < 4.78 is 5.35. The van der Waals surface area contributed by atoms with E-state index in [4.69, 9.17) is 4.74 Å². The Balaban J connectivity index is 2.50. The molecule has 3 nitrogen and oxygen atoms in total. The van der Waals surface area contributed by atoms with E-state index in [0.29, 0.717) is 5.92 Å². The molecule has 3 heteroatoms. The summed E-state index contributed by atoms with van der Waals surface area (Å²) in [4.78, 5) is 13.8. The highest BCUT2D eigenvalue weighted by Gasteiger charge is 2.31. The van der Waals surface area contributed by atoms with Crippen LogP contribution in [0.25, 0.3) is 5.57 Å². The van der Waals surface area contributed by atoms with Crippen LogP contribution in [0.5, 0.6) is 5.75 Å². The van der Waals surface area contributed by atoms with Gasteiger partial charge in [-0.1, -0.05) is 27.7 Å². The third-order valence-electron chi connectivity index (χ3n) is 4.34. The highest BCUT2D eigenvalue weighted by molar-refractivity contribution is 5.87. The van der Waals surface area contributed by atoms with E-state index < -0.39 is 0 Å². The topological polar surface area (TPSA) is 29.5 Å². The van der Waals surface area contributed by atoms with Gasteiger partial charge in [0.25, 0.3) is 0 Å². The summed E-state index contributed by atoms with van der Waals surface area (Å²) in [5.74, 6) is 1.41. The van der Waals surface area contributed by atoms with E-state index in [1.165, 1.54) is 5.57 Å². The second kappa shape index (κ2) is 6.55. The summed E-state index contributed by atoms with van der Waals surface area (Å²) in [5, 5.41) is 0. The minimum absolute atomic E-state index is 0.0532. The Morgan fingerprint density at radius 1 is 1.36 bits per heavy atom. The van der Waals surface area contributed by atoms with Crippen LogP contribution in [0.3, 0.4) is 0 Å². The molecule has 1 heterocycles. The molecule has 22 heavy (non-hydrogen) atoms. The Kier molecular flexibility index (Phi) is 4.94. The number of rotatable bonds is 5. The van der Waals surface area contributed by atoms with Gasteiger partial charge in [-0.3, -0.25) is 4.79 Å². The van der Waals surface area contributed by atoms with Crippen molar-refractivity contribution in [3.63, 3.8) is 0 Å². The zero-order valence-corrected chi connectivity index (χ0v) is 14.3. The molecule has 2 rings (SSSR count). The molecule has 0 amide bonds. The summed E-state index contributed by atoms with van der Waals surface area (Å²) in [6, 6.07) is 5.67. The zero-order chi connectivity index (χ0) is 16.3. The van der Waals surface area contributed by atoms with Crippen LogP contribution in [-0.2, 0) is 0 Å². The Morgan fingerprint density at radius 3 is 2.68 bits per heavy atom.